The predicted octanol–water partition coefficient (Wildman–Crippen LogP) is 0.306. The molecule has 104 valence electrons. The number of rotatable bonds is 5. The summed E-state index contributed by atoms with van der Waals surface area (Å²) < 4.78 is 10.8. The largest absolute Gasteiger partial charge is 0.506 e. The highest BCUT2D eigenvalue weighted by Crippen LogP contribution is 2.17. The summed E-state index contributed by atoms with van der Waals surface area (Å²) in [5.74, 6) is 0.333. The van der Waals surface area contributed by atoms with Gasteiger partial charge in [-0.1, -0.05) is 5.16 Å². The first-order valence-corrected chi connectivity index (χ1v) is 6.10. The Morgan fingerprint density at radius 1 is 1.42 bits per heavy atom. The second-order valence-electron chi connectivity index (χ2n) is 4.10. The molecule has 0 aliphatic carbocycles. The van der Waals surface area contributed by atoms with Gasteiger partial charge in [0.1, 0.15) is 18.1 Å². The van der Waals surface area contributed by atoms with Crippen molar-refractivity contribution in [3.63, 3.8) is 0 Å². The van der Waals surface area contributed by atoms with E-state index < -0.39 is 0 Å². The molecule has 0 atom stereocenters. The van der Waals surface area contributed by atoms with Gasteiger partial charge in [-0.25, -0.2) is 4.98 Å². The Labute approximate surface area is 111 Å². The number of ether oxygens (including phenoxy) is 2. The second kappa shape index (κ2) is 6.91. The van der Waals surface area contributed by atoms with Crippen LogP contribution in [-0.4, -0.2) is 65.9 Å². The number of aromatic hydroxyl groups is 1. The van der Waals surface area contributed by atoms with Gasteiger partial charge in [0.2, 0.25) is 5.88 Å². The molecule has 1 aromatic rings. The number of nitrogens with zero attached hydrogens (tertiary/aromatic N) is 3. The van der Waals surface area contributed by atoms with Crippen LogP contribution in [0, 0.1) is 0 Å². The molecule has 1 aromatic heterocycles. The van der Waals surface area contributed by atoms with Gasteiger partial charge in [-0.05, 0) is 6.07 Å². The molecule has 7 heteroatoms. The molecule has 19 heavy (non-hydrogen) atoms. The molecule has 0 saturated carbocycles. The molecular weight excluding hydrogens is 250 g/mol. The Hall–Kier alpha value is -1.86. The first kappa shape index (κ1) is 13.6. The zero-order chi connectivity index (χ0) is 13.5. The average molecular weight is 267 g/mol. The summed E-state index contributed by atoms with van der Waals surface area (Å²) in [6.07, 6.45) is 1.06. The lowest BCUT2D eigenvalue weighted by molar-refractivity contribution is 0.0320. The van der Waals surface area contributed by atoms with Crippen LogP contribution in [0.15, 0.2) is 17.3 Å². The van der Waals surface area contributed by atoms with Gasteiger partial charge < -0.3 is 19.8 Å². The van der Waals surface area contributed by atoms with Gasteiger partial charge in [0.25, 0.3) is 0 Å². The minimum Gasteiger partial charge on any atom is -0.506 e. The third-order valence-electron chi connectivity index (χ3n) is 2.82. The Morgan fingerprint density at radius 2 is 2.21 bits per heavy atom. The molecule has 0 radical (unpaired) electrons. The Morgan fingerprint density at radius 3 is 2.95 bits per heavy atom. The molecule has 2 rings (SSSR count). The number of oxime groups is 1. The van der Waals surface area contributed by atoms with E-state index in [1.165, 1.54) is 6.07 Å². The molecule has 0 unspecified atom stereocenters. The van der Waals surface area contributed by atoms with E-state index in [1.54, 1.807) is 6.07 Å². The van der Waals surface area contributed by atoms with E-state index in [-0.39, 0.29) is 11.4 Å². The highest BCUT2D eigenvalue weighted by Gasteiger charge is 2.10. The fourth-order valence-corrected chi connectivity index (χ4v) is 1.78. The molecule has 2 heterocycles. The van der Waals surface area contributed by atoms with Crippen molar-refractivity contribution in [2.75, 3.05) is 39.5 Å². The zero-order valence-corrected chi connectivity index (χ0v) is 10.5. The first-order chi connectivity index (χ1) is 9.29. The molecule has 1 aliphatic heterocycles. The topological polar surface area (TPSA) is 87.4 Å². The van der Waals surface area contributed by atoms with Crippen molar-refractivity contribution < 1.29 is 19.8 Å². The summed E-state index contributed by atoms with van der Waals surface area (Å²) in [7, 11) is 0. The van der Waals surface area contributed by atoms with Gasteiger partial charge in [0.05, 0.1) is 19.4 Å². The van der Waals surface area contributed by atoms with Crippen LogP contribution < -0.4 is 4.74 Å². The van der Waals surface area contributed by atoms with Gasteiger partial charge in [-0.15, -0.1) is 0 Å². The lowest BCUT2D eigenvalue weighted by atomic mass is 10.3. The SMILES string of the molecule is O/N=C/c1nc(OCCN2CCOCC2)ccc1O. The second-order valence-corrected chi connectivity index (χ2v) is 4.10. The Bertz CT molecular complexity index is 433. The smallest absolute Gasteiger partial charge is 0.214 e. The van der Waals surface area contributed by atoms with Crippen molar-refractivity contribution in [3.05, 3.63) is 17.8 Å². The molecule has 7 nitrogen and oxygen atoms in total. The molecule has 1 aliphatic rings. The molecular formula is C12H17N3O4. The Balaban J connectivity index is 1.83. The van der Waals surface area contributed by atoms with Crippen molar-refractivity contribution in [1.82, 2.24) is 9.88 Å². The van der Waals surface area contributed by atoms with E-state index in [1.807, 2.05) is 0 Å². The van der Waals surface area contributed by atoms with Gasteiger partial charge in [-0.2, -0.15) is 0 Å². The van der Waals surface area contributed by atoms with Crippen molar-refractivity contribution in [2.45, 2.75) is 0 Å². The van der Waals surface area contributed by atoms with Gasteiger partial charge >= 0.3 is 0 Å². The number of morpholine rings is 1. The maximum atomic E-state index is 9.45. The minimum absolute atomic E-state index is 0.0571. The van der Waals surface area contributed by atoms with Gasteiger partial charge in [0, 0.05) is 25.7 Å². The predicted molar refractivity (Wildman–Crippen MR) is 68.0 cm³/mol. The van der Waals surface area contributed by atoms with Crippen molar-refractivity contribution in [1.29, 1.82) is 0 Å². The monoisotopic (exact) mass is 267 g/mol. The van der Waals surface area contributed by atoms with Crippen LogP contribution in [0.25, 0.3) is 0 Å². The summed E-state index contributed by atoms with van der Waals surface area (Å²) in [5.41, 5.74) is 0.173. The van der Waals surface area contributed by atoms with Crippen molar-refractivity contribution in [2.24, 2.45) is 5.16 Å². The summed E-state index contributed by atoms with van der Waals surface area (Å²) in [4.78, 5) is 6.27. The molecule has 2 N–H and O–H groups in total. The molecule has 0 aromatic carbocycles. The van der Waals surface area contributed by atoms with Crippen LogP contribution in [0.1, 0.15) is 5.69 Å². The van der Waals surface area contributed by atoms with Crippen LogP contribution in [0.2, 0.25) is 0 Å². The fraction of sp³-hybridized carbons (Fsp3) is 0.500. The minimum atomic E-state index is -0.0571. The summed E-state index contributed by atoms with van der Waals surface area (Å²) >= 11 is 0. The van der Waals surface area contributed by atoms with Crippen molar-refractivity contribution in [3.8, 4) is 11.6 Å². The molecule has 1 saturated heterocycles. The number of aromatic nitrogens is 1. The third-order valence-corrected chi connectivity index (χ3v) is 2.82. The van der Waals surface area contributed by atoms with E-state index >= 15 is 0 Å². The van der Waals surface area contributed by atoms with Crippen LogP contribution in [0.3, 0.4) is 0 Å². The van der Waals surface area contributed by atoms with E-state index in [0.29, 0.717) is 12.5 Å². The molecule has 1 fully saturated rings. The molecule has 0 bridgehead atoms. The average Bonchev–Trinajstić information content (AvgIpc) is 2.44. The quantitative estimate of drug-likeness (QED) is 0.453. The summed E-state index contributed by atoms with van der Waals surface area (Å²) in [6.45, 7) is 4.65. The molecule has 0 spiro atoms. The number of hydrogen-bond donors (Lipinski definition) is 2. The highest BCUT2D eigenvalue weighted by atomic mass is 16.5. The zero-order valence-electron chi connectivity index (χ0n) is 10.5. The lowest BCUT2D eigenvalue weighted by Gasteiger charge is -2.26. The van der Waals surface area contributed by atoms with Gasteiger partial charge in [0.15, 0.2) is 0 Å². The first-order valence-electron chi connectivity index (χ1n) is 6.10. The van der Waals surface area contributed by atoms with E-state index in [0.717, 1.165) is 39.1 Å². The molecule has 0 amide bonds. The van der Waals surface area contributed by atoms with Crippen molar-refractivity contribution >= 4 is 6.21 Å². The van der Waals surface area contributed by atoms with Crippen LogP contribution in [0.4, 0.5) is 0 Å². The standard InChI is InChI=1S/C12H17N3O4/c16-11-1-2-12(14-10(11)9-13-17)19-8-5-15-3-6-18-7-4-15/h1-2,9,16-17H,3-8H2/b13-9+. The fourth-order valence-electron chi connectivity index (χ4n) is 1.78. The maximum Gasteiger partial charge on any atom is 0.214 e. The van der Waals surface area contributed by atoms with E-state index in [9.17, 15) is 5.11 Å². The Kier molecular flexibility index (Phi) is 4.93. The van der Waals surface area contributed by atoms with Crippen LogP contribution >= 0.6 is 0 Å². The van der Waals surface area contributed by atoms with E-state index in [4.69, 9.17) is 14.7 Å². The van der Waals surface area contributed by atoms with Gasteiger partial charge in [-0.3, -0.25) is 4.90 Å². The summed E-state index contributed by atoms with van der Waals surface area (Å²) in [6, 6.07) is 3.03. The highest BCUT2D eigenvalue weighted by molar-refractivity contribution is 5.80. The normalized spacial score (nSPS) is 16.8. The van der Waals surface area contributed by atoms with E-state index in [2.05, 4.69) is 15.0 Å². The third kappa shape index (κ3) is 4.08. The maximum absolute atomic E-state index is 9.45. The summed E-state index contributed by atoms with van der Waals surface area (Å²) in [5, 5.41) is 20.7. The van der Waals surface area contributed by atoms with Crippen LogP contribution in [-0.2, 0) is 4.74 Å². The lowest BCUT2D eigenvalue weighted by Crippen LogP contribution is -2.38. The number of hydrogen-bond acceptors (Lipinski definition) is 7. The number of pyridine rings is 1. The van der Waals surface area contributed by atoms with Crippen LogP contribution in [0.5, 0.6) is 11.6 Å².